The molecule has 1 aromatic heterocycles. The fraction of sp³-hybridized carbons (Fsp3) is 0.667. The van der Waals surface area contributed by atoms with Crippen LogP contribution in [0.25, 0.3) is 0 Å². The predicted octanol–water partition coefficient (Wildman–Crippen LogP) is -0.709. The zero-order valence-corrected chi connectivity index (χ0v) is 11.1. The average molecular weight is 252 g/mol. The van der Waals surface area contributed by atoms with Gasteiger partial charge in [0.2, 0.25) is 5.91 Å². The van der Waals surface area contributed by atoms with E-state index in [1.807, 2.05) is 19.9 Å². The predicted molar refractivity (Wildman–Crippen MR) is 67.1 cm³/mol. The molecule has 0 spiro atoms. The number of aryl methyl sites for hydroxylation is 2. The maximum Gasteiger partial charge on any atom is 0.244 e. The molecule has 6 nitrogen and oxygen atoms in total. The second-order valence-corrected chi connectivity index (χ2v) is 4.88. The number of aliphatic hydroxyl groups is 1. The van der Waals surface area contributed by atoms with Gasteiger partial charge in [0.1, 0.15) is 6.54 Å². The maximum atomic E-state index is 12.1. The highest BCUT2D eigenvalue weighted by Gasteiger charge is 2.31. The van der Waals surface area contributed by atoms with Gasteiger partial charge < -0.3 is 15.3 Å². The Kier molecular flexibility index (Phi) is 3.68. The van der Waals surface area contributed by atoms with Crippen molar-refractivity contribution in [3.05, 3.63) is 17.5 Å². The van der Waals surface area contributed by atoms with Crippen LogP contribution >= 0.6 is 0 Å². The second-order valence-electron chi connectivity index (χ2n) is 4.88. The lowest BCUT2D eigenvalue weighted by Crippen LogP contribution is -2.45. The van der Waals surface area contributed by atoms with Gasteiger partial charge >= 0.3 is 0 Å². The minimum absolute atomic E-state index is 0.0334. The summed E-state index contributed by atoms with van der Waals surface area (Å²) >= 11 is 0. The van der Waals surface area contributed by atoms with E-state index in [-0.39, 0.29) is 18.5 Å². The molecule has 18 heavy (non-hydrogen) atoms. The quantitative estimate of drug-likeness (QED) is 0.745. The molecule has 0 radical (unpaired) electrons. The van der Waals surface area contributed by atoms with Gasteiger partial charge in [0.25, 0.3) is 0 Å². The molecule has 0 bridgehead atoms. The summed E-state index contributed by atoms with van der Waals surface area (Å²) in [7, 11) is 1.73. The number of nitrogens with one attached hydrogen (secondary N) is 1. The summed E-state index contributed by atoms with van der Waals surface area (Å²) < 4.78 is 1.70. The summed E-state index contributed by atoms with van der Waals surface area (Å²) in [6, 6.07) is 1.80. The molecule has 2 rings (SSSR count). The molecule has 1 aliphatic heterocycles. The van der Waals surface area contributed by atoms with Gasteiger partial charge in [-0.25, -0.2) is 0 Å². The van der Waals surface area contributed by atoms with Crippen LogP contribution in [-0.2, 0) is 11.3 Å². The summed E-state index contributed by atoms with van der Waals surface area (Å²) in [5.74, 6) is -0.0334. The maximum absolute atomic E-state index is 12.1. The van der Waals surface area contributed by atoms with Gasteiger partial charge in [0.15, 0.2) is 0 Å². The van der Waals surface area contributed by atoms with Gasteiger partial charge in [-0.05, 0) is 19.9 Å². The molecule has 2 heterocycles. The summed E-state index contributed by atoms with van der Waals surface area (Å²) in [5.41, 5.74) is 1.88. The largest absolute Gasteiger partial charge is 0.390 e. The Bertz CT molecular complexity index is 443. The Hall–Kier alpha value is -1.40. The van der Waals surface area contributed by atoms with Gasteiger partial charge in [0.05, 0.1) is 17.8 Å². The van der Waals surface area contributed by atoms with Crippen molar-refractivity contribution in [3.8, 4) is 0 Å². The molecule has 0 saturated carbocycles. The van der Waals surface area contributed by atoms with Crippen LogP contribution in [-0.4, -0.2) is 58.0 Å². The first kappa shape index (κ1) is 13.0. The molecule has 0 aliphatic carbocycles. The van der Waals surface area contributed by atoms with E-state index in [9.17, 15) is 9.90 Å². The Balaban J connectivity index is 2.01. The zero-order chi connectivity index (χ0) is 13.3. The van der Waals surface area contributed by atoms with Crippen molar-refractivity contribution in [3.63, 3.8) is 0 Å². The van der Waals surface area contributed by atoms with E-state index in [2.05, 4.69) is 10.4 Å². The lowest BCUT2D eigenvalue weighted by atomic mass is 10.2. The number of hydrogen-bond acceptors (Lipinski definition) is 4. The van der Waals surface area contributed by atoms with Crippen LogP contribution in [0.5, 0.6) is 0 Å². The van der Waals surface area contributed by atoms with E-state index < -0.39 is 6.10 Å². The number of nitrogens with zero attached hydrogens (tertiary/aromatic N) is 3. The molecular weight excluding hydrogens is 232 g/mol. The third-order valence-corrected chi connectivity index (χ3v) is 3.43. The SMILES string of the molecule is Cc1cc(C)n(CC(=O)N(C)[C@H]2CNC[C@@H]2O)n1. The van der Waals surface area contributed by atoms with Gasteiger partial charge in [-0.2, -0.15) is 5.10 Å². The number of β-amino-alcohol motifs (C(OH)–C–C–N with tert-alkyl or cyclic N) is 1. The Morgan fingerprint density at radius 3 is 2.83 bits per heavy atom. The van der Waals surface area contributed by atoms with E-state index in [4.69, 9.17) is 0 Å². The molecule has 6 heteroatoms. The van der Waals surface area contributed by atoms with E-state index in [1.54, 1.807) is 16.6 Å². The Labute approximate surface area is 107 Å². The lowest BCUT2D eigenvalue weighted by molar-refractivity contribution is -0.134. The monoisotopic (exact) mass is 252 g/mol. The third kappa shape index (κ3) is 2.54. The molecule has 1 fully saturated rings. The first-order valence-corrected chi connectivity index (χ1v) is 6.14. The minimum Gasteiger partial charge on any atom is -0.390 e. The van der Waals surface area contributed by atoms with Gasteiger partial charge in [0, 0.05) is 25.8 Å². The summed E-state index contributed by atoms with van der Waals surface area (Å²) in [6.45, 7) is 5.24. The molecule has 1 amide bonds. The van der Waals surface area contributed by atoms with Crippen LogP contribution in [0, 0.1) is 13.8 Å². The fourth-order valence-corrected chi connectivity index (χ4v) is 2.31. The number of hydrogen-bond donors (Lipinski definition) is 2. The van der Waals surface area contributed by atoms with E-state index in [1.165, 1.54) is 0 Å². The first-order valence-electron chi connectivity index (χ1n) is 6.14. The number of carbonyl (C=O) groups excluding carboxylic acids is 1. The van der Waals surface area contributed by atoms with Gasteiger partial charge in [-0.1, -0.05) is 0 Å². The standard InChI is InChI=1S/C12H20N4O2/c1-8-4-9(2)16(14-8)7-12(18)15(3)10-5-13-6-11(10)17/h4,10-11,13,17H,5-7H2,1-3H3/t10-,11-/m0/s1. The van der Waals surface area contributed by atoms with Crippen LogP contribution in [0.4, 0.5) is 0 Å². The number of likely N-dealkylation sites (N-methyl/N-ethyl adjacent to an activating group) is 1. The van der Waals surface area contributed by atoms with E-state index >= 15 is 0 Å². The van der Waals surface area contributed by atoms with Crippen LogP contribution < -0.4 is 5.32 Å². The molecule has 2 N–H and O–H groups in total. The smallest absolute Gasteiger partial charge is 0.244 e. The molecule has 0 unspecified atom stereocenters. The van der Waals surface area contributed by atoms with Crippen LogP contribution in [0.15, 0.2) is 6.07 Å². The average Bonchev–Trinajstić information content (AvgIpc) is 2.85. The summed E-state index contributed by atoms with van der Waals surface area (Å²) in [4.78, 5) is 13.7. The topological polar surface area (TPSA) is 70.4 Å². The highest BCUT2D eigenvalue weighted by Crippen LogP contribution is 2.09. The molecule has 1 aliphatic rings. The van der Waals surface area contributed by atoms with Crippen molar-refractivity contribution >= 4 is 5.91 Å². The fourth-order valence-electron chi connectivity index (χ4n) is 2.31. The highest BCUT2D eigenvalue weighted by atomic mass is 16.3. The minimum atomic E-state index is -0.487. The molecule has 100 valence electrons. The van der Waals surface area contributed by atoms with Crippen molar-refractivity contribution in [2.24, 2.45) is 0 Å². The van der Waals surface area contributed by atoms with Crippen LogP contribution in [0.3, 0.4) is 0 Å². The highest BCUT2D eigenvalue weighted by molar-refractivity contribution is 5.76. The van der Waals surface area contributed by atoms with Crippen molar-refractivity contribution in [1.29, 1.82) is 0 Å². The van der Waals surface area contributed by atoms with Crippen LogP contribution in [0.1, 0.15) is 11.4 Å². The zero-order valence-electron chi connectivity index (χ0n) is 11.1. The number of amides is 1. The Morgan fingerprint density at radius 1 is 1.61 bits per heavy atom. The molecule has 0 aromatic carbocycles. The van der Waals surface area contributed by atoms with E-state index in [0.717, 1.165) is 11.4 Å². The van der Waals surface area contributed by atoms with Crippen molar-refractivity contribution in [2.45, 2.75) is 32.5 Å². The molecular formula is C12H20N4O2. The van der Waals surface area contributed by atoms with Crippen molar-refractivity contribution in [1.82, 2.24) is 20.0 Å². The second kappa shape index (κ2) is 5.07. The number of aromatic nitrogens is 2. The van der Waals surface area contributed by atoms with Gasteiger partial charge in [-0.15, -0.1) is 0 Å². The third-order valence-electron chi connectivity index (χ3n) is 3.43. The molecule has 2 atom stereocenters. The number of rotatable bonds is 3. The summed E-state index contributed by atoms with van der Waals surface area (Å²) in [5, 5.41) is 17.1. The molecule has 1 saturated heterocycles. The summed E-state index contributed by atoms with van der Waals surface area (Å²) in [6.07, 6.45) is -0.487. The van der Waals surface area contributed by atoms with E-state index in [0.29, 0.717) is 13.1 Å². The Morgan fingerprint density at radius 2 is 2.33 bits per heavy atom. The van der Waals surface area contributed by atoms with Gasteiger partial charge in [-0.3, -0.25) is 9.48 Å². The lowest BCUT2D eigenvalue weighted by Gasteiger charge is -2.26. The normalized spacial score (nSPS) is 23.3. The van der Waals surface area contributed by atoms with Crippen molar-refractivity contribution in [2.75, 3.05) is 20.1 Å². The van der Waals surface area contributed by atoms with Crippen LogP contribution in [0.2, 0.25) is 0 Å². The number of carbonyl (C=O) groups is 1. The number of aliphatic hydroxyl groups excluding tert-OH is 1. The first-order chi connectivity index (χ1) is 8.49. The molecule has 1 aromatic rings. The van der Waals surface area contributed by atoms with Crippen molar-refractivity contribution < 1.29 is 9.90 Å².